The Hall–Kier alpha value is -2.33. The van der Waals surface area contributed by atoms with E-state index in [9.17, 15) is 4.79 Å². The molecule has 7 nitrogen and oxygen atoms in total. The first-order valence-corrected chi connectivity index (χ1v) is 12.4. The maximum absolute atomic E-state index is 12.7. The van der Waals surface area contributed by atoms with Crippen molar-refractivity contribution in [1.82, 2.24) is 24.1 Å². The van der Waals surface area contributed by atoms with Crippen LogP contribution >= 0.6 is 23.6 Å². The highest BCUT2D eigenvalue weighted by molar-refractivity contribution is 7.71. The third kappa shape index (κ3) is 4.56. The van der Waals surface area contributed by atoms with Crippen LogP contribution in [0.5, 0.6) is 0 Å². The van der Waals surface area contributed by atoms with Gasteiger partial charge in [0.1, 0.15) is 0 Å². The fourth-order valence-corrected chi connectivity index (χ4v) is 5.30. The van der Waals surface area contributed by atoms with Crippen LogP contribution in [-0.2, 0) is 18.0 Å². The van der Waals surface area contributed by atoms with E-state index >= 15 is 0 Å². The third-order valence-corrected chi connectivity index (χ3v) is 7.39. The molecule has 0 N–H and O–H groups in total. The monoisotopic (exact) mass is 469 g/mol. The number of hydrogen-bond acceptors (Lipinski definition) is 6. The summed E-state index contributed by atoms with van der Waals surface area (Å²) in [4.78, 5) is 18.1. The fraction of sp³-hybridized carbons (Fsp3) is 0.435. The lowest BCUT2D eigenvalue weighted by atomic mass is 10.2. The number of piperazine rings is 1. The lowest BCUT2D eigenvalue weighted by molar-refractivity contribution is 0.0584. The Balaban J connectivity index is 1.28. The van der Waals surface area contributed by atoms with Crippen molar-refractivity contribution in [3.8, 4) is 10.7 Å². The van der Waals surface area contributed by atoms with Gasteiger partial charge in [-0.2, -0.15) is 0 Å². The van der Waals surface area contributed by atoms with Gasteiger partial charge in [0.15, 0.2) is 10.6 Å². The summed E-state index contributed by atoms with van der Waals surface area (Å²) in [7, 11) is 0. The van der Waals surface area contributed by atoms with Gasteiger partial charge in [0.25, 0.3) is 5.91 Å². The molecular weight excluding hydrogens is 442 g/mol. The van der Waals surface area contributed by atoms with Crippen LogP contribution in [0.3, 0.4) is 0 Å². The smallest absolute Gasteiger partial charge is 0.253 e. The Bertz CT molecular complexity index is 1100. The van der Waals surface area contributed by atoms with Crippen molar-refractivity contribution in [2.75, 3.05) is 32.8 Å². The summed E-state index contributed by atoms with van der Waals surface area (Å²) in [5.74, 6) is 1.01. The van der Waals surface area contributed by atoms with Crippen LogP contribution in [0.15, 0.2) is 47.8 Å². The molecular formula is C23H27N5O2S2. The molecule has 1 unspecified atom stereocenters. The van der Waals surface area contributed by atoms with Gasteiger partial charge in [-0.1, -0.05) is 24.3 Å². The highest BCUT2D eigenvalue weighted by Gasteiger charge is 2.25. The van der Waals surface area contributed by atoms with E-state index in [-0.39, 0.29) is 12.0 Å². The van der Waals surface area contributed by atoms with Crippen LogP contribution < -0.4 is 0 Å². The van der Waals surface area contributed by atoms with Crippen molar-refractivity contribution in [2.45, 2.75) is 32.2 Å². The highest BCUT2D eigenvalue weighted by Crippen LogP contribution is 2.26. The van der Waals surface area contributed by atoms with Crippen LogP contribution in [0.2, 0.25) is 0 Å². The summed E-state index contributed by atoms with van der Waals surface area (Å²) >= 11 is 7.52. The maximum Gasteiger partial charge on any atom is 0.253 e. The Labute approximate surface area is 196 Å². The molecule has 9 heteroatoms. The first kappa shape index (κ1) is 21.5. The lowest BCUT2D eigenvalue weighted by Crippen LogP contribution is -2.49. The van der Waals surface area contributed by atoms with Crippen LogP contribution in [-0.4, -0.2) is 68.9 Å². The number of rotatable bonds is 6. The normalized spacial score (nSPS) is 19.5. The molecule has 2 fully saturated rings. The van der Waals surface area contributed by atoms with Crippen LogP contribution in [0.25, 0.3) is 10.7 Å². The number of nitrogens with zero attached hydrogens (tertiary/aromatic N) is 5. The minimum atomic E-state index is 0.0997. The predicted octanol–water partition coefficient (Wildman–Crippen LogP) is 3.74. The van der Waals surface area contributed by atoms with Crippen molar-refractivity contribution in [1.29, 1.82) is 0 Å². The summed E-state index contributed by atoms with van der Waals surface area (Å²) in [6.45, 7) is 5.20. The van der Waals surface area contributed by atoms with Gasteiger partial charge in [0, 0.05) is 38.3 Å². The summed E-state index contributed by atoms with van der Waals surface area (Å²) in [5, 5.41) is 6.96. The van der Waals surface area contributed by atoms with Crippen molar-refractivity contribution >= 4 is 29.5 Å². The predicted molar refractivity (Wildman–Crippen MR) is 127 cm³/mol. The second-order valence-electron chi connectivity index (χ2n) is 8.25. The molecule has 2 saturated heterocycles. The molecule has 1 aromatic carbocycles. The topological polar surface area (TPSA) is 55.5 Å². The van der Waals surface area contributed by atoms with Gasteiger partial charge < -0.3 is 9.64 Å². The Morgan fingerprint density at radius 1 is 1.12 bits per heavy atom. The number of ether oxygens (including phenoxy) is 1. The minimum absolute atomic E-state index is 0.0997. The number of amides is 1. The molecule has 2 aliphatic rings. The van der Waals surface area contributed by atoms with E-state index in [2.05, 4.69) is 20.9 Å². The number of aromatic nitrogens is 3. The summed E-state index contributed by atoms with van der Waals surface area (Å²) in [5.41, 5.74) is 0.747. The molecule has 32 heavy (non-hydrogen) atoms. The molecule has 1 amide bonds. The molecule has 2 aliphatic heterocycles. The standard InChI is InChI=1S/C23H27N5O2S2/c29-22(18-6-2-1-3-7-18)26-12-10-25(11-13-26)17-28-23(31)27(16-19-8-4-14-30-19)21(24-28)20-9-5-15-32-20/h1-3,5-7,9,15,19H,4,8,10-14,16-17H2. The molecule has 0 saturated carbocycles. The van der Waals surface area contributed by atoms with Crippen molar-refractivity contribution in [3.05, 3.63) is 58.2 Å². The molecule has 3 aromatic rings. The zero-order valence-electron chi connectivity index (χ0n) is 17.9. The molecule has 0 bridgehead atoms. The SMILES string of the molecule is O=C(c1ccccc1)N1CCN(Cn2nc(-c3cccs3)n(CC3CCCO3)c2=S)CC1. The summed E-state index contributed by atoms with van der Waals surface area (Å²) < 4.78 is 10.6. The number of carbonyl (C=O) groups is 1. The van der Waals surface area contributed by atoms with Crippen molar-refractivity contribution in [2.24, 2.45) is 0 Å². The lowest BCUT2D eigenvalue weighted by Gasteiger charge is -2.34. The molecule has 2 aromatic heterocycles. The van der Waals surface area contributed by atoms with Gasteiger partial charge in [-0.3, -0.25) is 14.3 Å². The Morgan fingerprint density at radius 2 is 1.94 bits per heavy atom. The van der Waals surface area contributed by atoms with Gasteiger partial charge in [0.2, 0.25) is 0 Å². The third-order valence-electron chi connectivity index (χ3n) is 6.09. The molecule has 4 heterocycles. The van der Waals surface area contributed by atoms with E-state index in [0.29, 0.717) is 19.8 Å². The van der Waals surface area contributed by atoms with Crippen LogP contribution in [0.1, 0.15) is 23.2 Å². The number of thiophene rings is 1. The first-order valence-electron chi connectivity index (χ1n) is 11.1. The zero-order valence-corrected chi connectivity index (χ0v) is 19.6. The Morgan fingerprint density at radius 3 is 2.62 bits per heavy atom. The van der Waals surface area contributed by atoms with E-state index in [0.717, 1.165) is 60.1 Å². The quantitative estimate of drug-likeness (QED) is 0.515. The average molecular weight is 470 g/mol. The fourth-order valence-electron chi connectivity index (χ4n) is 4.32. The molecule has 5 rings (SSSR count). The largest absolute Gasteiger partial charge is 0.376 e. The maximum atomic E-state index is 12.7. The zero-order chi connectivity index (χ0) is 21.9. The van der Waals surface area contributed by atoms with Gasteiger partial charge in [-0.15, -0.1) is 16.4 Å². The molecule has 0 radical (unpaired) electrons. The van der Waals surface area contributed by atoms with Gasteiger partial charge in [-0.25, -0.2) is 4.68 Å². The van der Waals surface area contributed by atoms with Crippen molar-refractivity contribution < 1.29 is 9.53 Å². The summed E-state index contributed by atoms with van der Waals surface area (Å²) in [6.07, 6.45) is 2.37. The molecule has 168 valence electrons. The second kappa shape index (κ2) is 9.66. The van der Waals surface area contributed by atoms with E-state index in [1.54, 1.807) is 11.3 Å². The number of benzene rings is 1. The van der Waals surface area contributed by atoms with Gasteiger partial charge >= 0.3 is 0 Å². The Kier molecular flexibility index (Phi) is 6.49. The van der Waals surface area contributed by atoms with Crippen LogP contribution in [0, 0.1) is 4.77 Å². The first-order chi connectivity index (χ1) is 15.7. The second-order valence-corrected chi connectivity index (χ2v) is 9.56. The number of carbonyl (C=O) groups excluding carboxylic acids is 1. The highest BCUT2D eigenvalue weighted by atomic mass is 32.1. The van der Waals surface area contributed by atoms with E-state index < -0.39 is 0 Å². The molecule has 1 atom stereocenters. The number of hydrogen-bond donors (Lipinski definition) is 0. The minimum Gasteiger partial charge on any atom is -0.376 e. The van der Waals surface area contributed by atoms with E-state index in [1.807, 2.05) is 46.0 Å². The van der Waals surface area contributed by atoms with E-state index in [1.165, 1.54) is 0 Å². The average Bonchev–Trinajstić information content (AvgIpc) is 3.59. The van der Waals surface area contributed by atoms with Gasteiger partial charge in [-0.05, 0) is 48.6 Å². The summed E-state index contributed by atoms with van der Waals surface area (Å²) in [6, 6.07) is 13.6. The molecule has 0 spiro atoms. The van der Waals surface area contributed by atoms with Crippen molar-refractivity contribution in [3.63, 3.8) is 0 Å². The van der Waals surface area contributed by atoms with E-state index in [4.69, 9.17) is 22.1 Å². The van der Waals surface area contributed by atoms with Crippen LogP contribution in [0.4, 0.5) is 0 Å². The van der Waals surface area contributed by atoms with Gasteiger partial charge in [0.05, 0.1) is 24.2 Å². The molecule has 0 aliphatic carbocycles.